The quantitative estimate of drug-likeness (QED) is 0.313. The second kappa shape index (κ2) is 6.57. The average Bonchev–Trinajstić information content (AvgIpc) is 1.84. The average molecular weight is 172 g/mol. The van der Waals surface area contributed by atoms with Crippen LogP contribution in [0.15, 0.2) is 0 Å². The summed E-state index contributed by atoms with van der Waals surface area (Å²) in [6.07, 6.45) is 0. The van der Waals surface area contributed by atoms with E-state index in [0.717, 1.165) is 6.92 Å². The molecule has 0 fully saturated rings. The molecule has 0 unspecified atom stereocenters. The zero-order valence-corrected chi connectivity index (χ0v) is 8.71. The Morgan fingerprint density at radius 2 is 1.31 bits per heavy atom. The van der Waals surface area contributed by atoms with Crippen molar-refractivity contribution in [2.75, 3.05) is 0 Å². The van der Waals surface area contributed by atoms with Crippen molar-refractivity contribution >= 4 is 11.9 Å². The number of carbonyl (C=O) groups excluding carboxylic acids is 2. The van der Waals surface area contributed by atoms with Crippen LogP contribution in [0.5, 0.6) is 0 Å². The van der Waals surface area contributed by atoms with Crippen molar-refractivity contribution in [3.63, 3.8) is 0 Å². The van der Waals surface area contributed by atoms with Crippen LogP contribution in [-0.2, 0) is 9.59 Å². The predicted molar refractivity (Wildman–Crippen MR) is 33.0 cm³/mol. The van der Waals surface area contributed by atoms with Crippen LogP contribution < -0.4 is 47.9 Å². The maximum atomic E-state index is 10.4. The summed E-state index contributed by atoms with van der Waals surface area (Å²) in [7, 11) is 0. The minimum absolute atomic E-state index is 0. The van der Waals surface area contributed by atoms with Gasteiger partial charge in [-0.15, -0.1) is 0 Å². The normalized spacial score (nSPS) is 9.85. The fourth-order valence-corrected chi connectivity index (χ4v) is 0.555. The molecule has 0 aliphatic rings. The van der Waals surface area contributed by atoms with E-state index in [1.807, 2.05) is 0 Å². The van der Waals surface area contributed by atoms with Crippen LogP contribution in [0.1, 0.15) is 20.8 Å². The molecule has 0 aliphatic carbocycles. The molecule has 0 spiro atoms. The molecule has 0 radical (unpaired) electrons. The monoisotopic (exact) mass is 172 g/mol. The van der Waals surface area contributed by atoms with Gasteiger partial charge in [-0.2, -0.15) is 0 Å². The maximum absolute atomic E-state index is 10.4. The maximum Gasteiger partial charge on any atom is 1.00 e. The molecule has 0 atom stereocenters. The molecular weight excluding hydrogens is 162 g/mol. The van der Waals surface area contributed by atoms with E-state index in [9.17, 15) is 19.8 Å². The van der Waals surface area contributed by atoms with Gasteiger partial charge in [0.05, 0.1) is 11.9 Å². The Bertz CT molecular complexity index is 177. The van der Waals surface area contributed by atoms with Gasteiger partial charge in [-0.25, -0.2) is 0 Å². The van der Waals surface area contributed by atoms with E-state index in [-0.39, 0.29) is 37.7 Å². The Morgan fingerprint density at radius 3 is 1.31 bits per heavy atom. The van der Waals surface area contributed by atoms with Crippen LogP contribution in [0.2, 0.25) is 0 Å². The third kappa shape index (κ3) is 3.79. The number of hydrogen-bond acceptors (Lipinski definition) is 4. The van der Waals surface area contributed by atoms with Crippen LogP contribution in [0, 0.1) is 11.3 Å². The second-order valence-electron chi connectivity index (χ2n) is 2.93. The summed E-state index contributed by atoms with van der Waals surface area (Å²) in [5, 5.41) is 20.7. The number of carbonyl (C=O) groups is 2. The Hall–Kier alpha value is 0.135. The number of rotatable bonds is 3. The van der Waals surface area contributed by atoms with Crippen LogP contribution in [0.25, 0.3) is 0 Å². The summed E-state index contributed by atoms with van der Waals surface area (Å²) in [5.74, 6) is -3.75. The number of carboxylic acids is 2. The van der Waals surface area contributed by atoms with Crippen LogP contribution >= 0.6 is 0 Å². The number of hydrogen-bond donors (Lipinski definition) is 0. The van der Waals surface area contributed by atoms with Gasteiger partial charge in [0, 0.05) is 5.41 Å². The van der Waals surface area contributed by atoms with Gasteiger partial charge in [-0.05, 0) is 12.8 Å². The van der Waals surface area contributed by atoms with E-state index in [0.29, 0.717) is 0 Å². The van der Waals surface area contributed by atoms with Crippen molar-refractivity contribution in [3.8, 4) is 0 Å². The number of aliphatic carboxylic acids is 2. The summed E-state index contributed by atoms with van der Waals surface area (Å²) in [6.45, 7) is 4.07. The minimum atomic E-state index is -1.89. The van der Waals surface area contributed by atoms with Crippen molar-refractivity contribution in [3.05, 3.63) is 0 Å². The third-order valence-corrected chi connectivity index (χ3v) is 2.00. The van der Waals surface area contributed by atoms with Gasteiger partial charge in [-0.3, -0.25) is 0 Å². The first-order valence-electron chi connectivity index (χ1n) is 3.26. The molecule has 4 nitrogen and oxygen atoms in total. The van der Waals surface area contributed by atoms with Crippen molar-refractivity contribution in [2.24, 2.45) is 11.3 Å². The minimum Gasteiger partial charge on any atom is -0.549 e. The van der Waals surface area contributed by atoms with E-state index in [2.05, 4.69) is 0 Å². The van der Waals surface area contributed by atoms with Crippen molar-refractivity contribution in [2.45, 2.75) is 20.8 Å². The SMILES string of the molecule is CC(C)C(C)(C(=O)[O-])C(=O)[O-].[Li+].[Li+]. The number of carboxylic acid groups (broad SMARTS) is 2. The van der Waals surface area contributed by atoms with E-state index < -0.39 is 23.3 Å². The molecule has 0 heterocycles. The van der Waals surface area contributed by atoms with Gasteiger partial charge in [0.1, 0.15) is 0 Å². The predicted octanol–water partition coefficient (Wildman–Crippen LogP) is -7.84. The van der Waals surface area contributed by atoms with Gasteiger partial charge in [0.25, 0.3) is 0 Å². The van der Waals surface area contributed by atoms with Crippen molar-refractivity contribution in [1.29, 1.82) is 0 Å². The Labute approximate surface area is 101 Å². The van der Waals surface area contributed by atoms with Gasteiger partial charge in [0.15, 0.2) is 0 Å². The molecule has 13 heavy (non-hydrogen) atoms. The molecule has 0 saturated carbocycles. The second-order valence-corrected chi connectivity index (χ2v) is 2.93. The summed E-state index contributed by atoms with van der Waals surface area (Å²) < 4.78 is 0. The van der Waals surface area contributed by atoms with E-state index in [4.69, 9.17) is 0 Å². The van der Waals surface area contributed by atoms with E-state index >= 15 is 0 Å². The van der Waals surface area contributed by atoms with Gasteiger partial charge < -0.3 is 19.8 Å². The molecule has 0 aromatic rings. The molecule has 64 valence electrons. The van der Waals surface area contributed by atoms with Gasteiger partial charge >= 0.3 is 37.7 Å². The topological polar surface area (TPSA) is 80.3 Å². The molecule has 0 rings (SSSR count). The van der Waals surface area contributed by atoms with Crippen LogP contribution in [0.3, 0.4) is 0 Å². The van der Waals surface area contributed by atoms with Gasteiger partial charge in [-0.1, -0.05) is 13.8 Å². The summed E-state index contributed by atoms with van der Waals surface area (Å²) in [6, 6.07) is 0. The van der Waals surface area contributed by atoms with Crippen molar-refractivity contribution < 1.29 is 57.5 Å². The molecule has 0 bridgehead atoms. The Balaban J connectivity index is -0.000000500. The first-order chi connectivity index (χ1) is 4.83. The molecule has 0 aromatic heterocycles. The Kier molecular flexibility index (Phi) is 9.51. The van der Waals surface area contributed by atoms with E-state index in [1.165, 1.54) is 13.8 Å². The molecule has 0 aromatic carbocycles. The molecule has 0 amide bonds. The van der Waals surface area contributed by atoms with Crippen LogP contribution in [-0.4, -0.2) is 11.9 Å². The standard InChI is InChI=1S/C7H12O4.2Li/c1-4(2)7(3,5(8)9)6(10)11;;/h4H,1-3H3,(H,8,9)(H,10,11);;/q;2*+1/p-2. The summed E-state index contributed by atoms with van der Waals surface area (Å²) >= 11 is 0. The Morgan fingerprint density at radius 1 is 1.08 bits per heavy atom. The third-order valence-electron chi connectivity index (χ3n) is 2.00. The largest absolute Gasteiger partial charge is 1.00 e. The smallest absolute Gasteiger partial charge is 0.549 e. The summed E-state index contributed by atoms with van der Waals surface area (Å²) in [4.78, 5) is 20.7. The molecule has 0 N–H and O–H groups in total. The first-order valence-corrected chi connectivity index (χ1v) is 3.26. The van der Waals surface area contributed by atoms with Crippen molar-refractivity contribution in [1.82, 2.24) is 0 Å². The fraction of sp³-hybridized carbons (Fsp3) is 0.714. The first kappa shape index (κ1) is 18.8. The van der Waals surface area contributed by atoms with E-state index in [1.54, 1.807) is 0 Å². The molecule has 0 aliphatic heterocycles. The van der Waals surface area contributed by atoms with Crippen LogP contribution in [0.4, 0.5) is 0 Å². The zero-order valence-electron chi connectivity index (χ0n) is 8.71. The zero-order chi connectivity index (χ0) is 9.23. The molecule has 0 saturated heterocycles. The molecule has 6 heteroatoms. The summed E-state index contributed by atoms with van der Waals surface area (Å²) in [5.41, 5.74) is -1.89. The fourth-order valence-electron chi connectivity index (χ4n) is 0.555. The molecular formula is C7H10Li2O4. The van der Waals surface area contributed by atoms with Gasteiger partial charge in [0.2, 0.25) is 0 Å².